The number of halogens is 2. The SMILES string of the molecule is C=CC(CCC=O)N1Cc2c(cc(C)cc2C2CCN(CCCCCCCc3c(-c4c(C)cccc4F)c(Cl)cc4c(N5CCN(C(=C)C6CCNC6)CC5)nn(C)c34)CC2)C1=C.CNC. The third-order valence-corrected chi connectivity index (χ3v) is 15.0. The van der Waals surface area contributed by atoms with Crippen LogP contribution >= 0.6 is 11.6 Å². The maximum Gasteiger partial charge on any atom is 0.158 e. The maximum absolute atomic E-state index is 15.7. The highest BCUT2D eigenvalue weighted by Crippen LogP contribution is 2.44. The number of hydrogen-bond acceptors (Lipinski definition) is 8. The third kappa shape index (κ3) is 10.9. The molecule has 4 aliphatic rings. The minimum Gasteiger partial charge on any atom is -0.371 e. The molecule has 0 aliphatic carbocycles. The first-order valence-corrected chi connectivity index (χ1v) is 25.2. The molecule has 2 N–H and O–H groups in total. The summed E-state index contributed by atoms with van der Waals surface area (Å²) in [5, 5.41) is 13.0. The topological polar surface area (TPSA) is 71.9 Å². The van der Waals surface area contributed by atoms with Crippen molar-refractivity contribution in [3.05, 3.63) is 112 Å². The summed E-state index contributed by atoms with van der Waals surface area (Å²) in [6, 6.07) is 12.2. The number of piperazine rings is 1. The fourth-order valence-electron chi connectivity index (χ4n) is 11.2. The predicted octanol–water partition coefficient (Wildman–Crippen LogP) is 10.4. The molecule has 2 atom stereocenters. The number of aromatic nitrogens is 2. The van der Waals surface area contributed by atoms with Crippen LogP contribution in [0.25, 0.3) is 27.7 Å². The number of nitrogens with one attached hydrogen (secondary N) is 2. The number of nitrogens with zero attached hydrogens (tertiary/aromatic N) is 6. The van der Waals surface area contributed by atoms with Gasteiger partial charge in [0, 0.05) is 103 Å². The molecule has 0 radical (unpaired) electrons. The van der Waals surface area contributed by atoms with Crippen molar-refractivity contribution in [1.29, 1.82) is 0 Å². The van der Waals surface area contributed by atoms with Crippen LogP contribution in [-0.4, -0.2) is 110 Å². The second-order valence-corrected chi connectivity index (χ2v) is 19.7. The molecule has 1 aromatic heterocycles. The molecule has 4 aliphatic heterocycles. The number of rotatable bonds is 18. The maximum atomic E-state index is 15.7. The van der Waals surface area contributed by atoms with E-state index in [1.165, 1.54) is 60.1 Å². The number of hydrogen-bond donors (Lipinski definition) is 2. The van der Waals surface area contributed by atoms with Crippen molar-refractivity contribution < 1.29 is 9.18 Å². The van der Waals surface area contributed by atoms with E-state index in [1.807, 2.05) is 51.0 Å². The predicted molar refractivity (Wildman–Crippen MR) is 275 cm³/mol. The standard InChI is InChI=1S/C53H69ClFN7O.C2H7N/c1-7-42(16-14-30-63)62-35-47-44(39(62)5)31-36(2)32-45(47)40-20-24-59(25-21-40)23-12-10-8-9-11-17-43-51(50-37(3)15-13-18-49(50)55)48(54)33-46-52(43)58(6)57-53(46)61-28-26-60(27-29-61)38(4)41-19-22-56-34-41;1-3-2/h7,13,15,18,30-33,40-42,56H,1,4-5,8-12,14,16-17,19-29,34-35H2,2-3,6H3;3H,1-2H3. The second kappa shape index (κ2) is 23.0. The van der Waals surface area contributed by atoms with Gasteiger partial charge in [-0.3, -0.25) is 4.68 Å². The number of fused-ring (bicyclic) bond motifs is 2. The van der Waals surface area contributed by atoms with Gasteiger partial charge in [0.2, 0.25) is 0 Å². The van der Waals surface area contributed by atoms with Crippen molar-refractivity contribution in [2.75, 3.05) is 77.9 Å². The van der Waals surface area contributed by atoms with Gasteiger partial charge in [0.05, 0.1) is 5.52 Å². The molecule has 0 saturated carbocycles. The Balaban J connectivity index is 0.00000210. The van der Waals surface area contributed by atoms with Crippen LogP contribution in [0, 0.1) is 25.6 Å². The molecule has 0 amide bonds. The Bertz CT molecular complexity index is 2310. The summed E-state index contributed by atoms with van der Waals surface area (Å²) in [5.41, 5.74) is 12.3. The first-order chi connectivity index (χ1) is 32.0. The molecule has 3 fully saturated rings. The number of likely N-dealkylation sites (tertiary alicyclic amines) is 1. The van der Waals surface area contributed by atoms with Gasteiger partial charge in [0.15, 0.2) is 5.82 Å². The summed E-state index contributed by atoms with van der Waals surface area (Å²) < 4.78 is 17.8. The lowest BCUT2D eigenvalue weighted by atomic mass is 9.84. The summed E-state index contributed by atoms with van der Waals surface area (Å²) in [7, 11) is 5.78. The zero-order chi connectivity index (χ0) is 46.9. The van der Waals surface area contributed by atoms with Crippen LogP contribution in [0.2, 0.25) is 5.02 Å². The third-order valence-electron chi connectivity index (χ3n) is 14.7. The van der Waals surface area contributed by atoms with E-state index >= 15 is 4.39 Å². The van der Waals surface area contributed by atoms with Crippen LogP contribution < -0.4 is 15.5 Å². The Labute approximate surface area is 400 Å². The van der Waals surface area contributed by atoms with Crippen LogP contribution in [0.15, 0.2) is 67.9 Å². The summed E-state index contributed by atoms with van der Waals surface area (Å²) in [6.45, 7) is 27.2. The van der Waals surface area contributed by atoms with Crippen LogP contribution in [0.1, 0.15) is 104 Å². The number of benzene rings is 3. The molecule has 3 saturated heterocycles. The van der Waals surface area contributed by atoms with Gasteiger partial charge in [0.25, 0.3) is 0 Å². The summed E-state index contributed by atoms with van der Waals surface area (Å²) >= 11 is 7.25. The Kier molecular flexibility index (Phi) is 17.2. The van der Waals surface area contributed by atoms with Gasteiger partial charge in [-0.2, -0.15) is 5.10 Å². The molecule has 66 heavy (non-hydrogen) atoms. The van der Waals surface area contributed by atoms with Crippen molar-refractivity contribution in [2.45, 2.75) is 103 Å². The average molecular weight is 920 g/mol. The second-order valence-electron chi connectivity index (χ2n) is 19.3. The minimum atomic E-state index is -0.234. The normalized spacial score (nSPS) is 18.4. The fraction of sp³-hybridized carbons (Fsp3) is 0.527. The minimum absolute atomic E-state index is 0.121. The zero-order valence-corrected chi connectivity index (χ0v) is 41.4. The molecule has 0 bridgehead atoms. The molecule has 3 aromatic carbocycles. The molecular weight excluding hydrogens is 843 g/mol. The van der Waals surface area contributed by atoms with Crippen molar-refractivity contribution in [2.24, 2.45) is 13.0 Å². The molecule has 8 rings (SSSR count). The zero-order valence-electron chi connectivity index (χ0n) is 40.7. The lowest BCUT2D eigenvalue weighted by Gasteiger charge is -2.38. The van der Waals surface area contributed by atoms with E-state index in [1.54, 1.807) is 12.1 Å². The molecular formula is C55H76ClFN8O. The highest BCUT2D eigenvalue weighted by Gasteiger charge is 2.33. The monoisotopic (exact) mass is 919 g/mol. The highest BCUT2D eigenvalue weighted by atomic mass is 35.5. The Morgan fingerprint density at radius 3 is 2.41 bits per heavy atom. The Morgan fingerprint density at radius 1 is 1.00 bits per heavy atom. The molecule has 4 aromatic rings. The number of anilines is 1. The van der Waals surface area contributed by atoms with Gasteiger partial charge in [0.1, 0.15) is 12.1 Å². The smallest absolute Gasteiger partial charge is 0.158 e. The van der Waals surface area contributed by atoms with E-state index < -0.39 is 0 Å². The molecule has 2 unspecified atom stereocenters. The lowest BCUT2D eigenvalue weighted by Crippen LogP contribution is -2.47. The highest BCUT2D eigenvalue weighted by molar-refractivity contribution is 6.35. The average Bonchev–Trinajstić information content (AvgIpc) is 4.05. The van der Waals surface area contributed by atoms with E-state index in [2.05, 4.69) is 69.0 Å². The molecule has 5 heterocycles. The molecule has 11 heteroatoms. The summed E-state index contributed by atoms with van der Waals surface area (Å²) in [6.07, 6.45) is 14.3. The van der Waals surface area contributed by atoms with Gasteiger partial charge in [-0.1, -0.05) is 73.9 Å². The van der Waals surface area contributed by atoms with Crippen LogP contribution in [-0.2, 0) is 24.8 Å². The quantitative estimate of drug-likeness (QED) is 0.0581. The largest absolute Gasteiger partial charge is 0.371 e. The van der Waals surface area contributed by atoms with Crippen LogP contribution in [0.3, 0.4) is 0 Å². The molecule has 356 valence electrons. The lowest BCUT2D eigenvalue weighted by molar-refractivity contribution is -0.108. The number of aldehydes is 1. The van der Waals surface area contributed by atoms with Gasteiger partial charge >= 0.3 is 0 Å². The summed E-state index contributed by atoms with van der Waals surface area (Å²) in [4.78, 5) is 21.0. The number of aryl methyl sites for hydroxylation is 4. The first kappa shape index (κ1) is 49.4. The van der Waals surface area contributed by atoms with E-state index in [9.17, 15) is 4.79 Å². The molecule has 0 spiro atoms. The number of unbranched alkanes of at least 4 members (excludes halogenated alkanes) is 4. The Morgan fingerprint density at radius 2 is 1.73 bits per heavy atom. The van der Waals surface area contributed by atoms with Crippen molar-refractivity contribution in [3.8, 4) is 11.1 Å². The van der Waals surface area contributed by atoms with Crippen molar-refractivity contribution in [3.63, 3.8) is 0 Å². The number of carbonyl (C=O) groups excluding carboxylic acids is 1. The van der Waals surface area contributed by atoms with Gasteiger partial charge < -0.3 is 35.0 Å². The molecule has 9 nitrogen and oxygen atoms in total. The Hall–Kier alpha value is -4.48. The first-order valence-electron chi connectivity index (χ1n) is 24.8. The van der Waals surface area contributed by atoms with Crippen molar-refractivity contribution in [1.82, 2.24) is 35.1 Å². The van der Waals surface area contributed by atoms with E-state index in [0.29, 0.717) is 28.8 Å². The van der Waals surface area contributed by atoms with Gasteiger partial charge in [-0.05, 0) is 145 Å². The van der Waals surface area contributed by atoms with Crippen molar-refractivity contribution >= 4 is 40.3 Å². The van der Waals surface area contributed by atoms with Crippen LogP contribution in [0.4, 0.5) is 10.2 Å². The van der Waals surface area contributed by atoms with E-state index in [4.69, 9.17) is 16.7 Å². The number of carbonyl (C=O) groups is 1. The summed E-state index contributed by atoms with van der Waals surface area (Å²) in [5.74, 6) is 1.81. The fourth-order valence-corrected chi connectivity index (χ4v) is 11.5. The van der Waals surface area contributed by atoms with E-state index in [-0.39, 0.29) is 11.9 Å². The van der Waals surface area contributed by atoms with Gasteiger partial charge in [-0.25, -0.2) is 4.39 Å². The van der Waals surface area contributed by atoms with E-state index in [0.717, 1.165) is 143 Å². The van der Waals surface area contributed by atoms with Crippen LogP contribution in [0.5, 0.6) is 0 Å². The number of piperidine rings is 1. The van der Waals surface area contributed by atoms with Gasteiger partial charge in [-0.15, -0.1) is 6.58 Å².